The first kappa shape index (κ1) is 14.4. The second kappa shape index (κ2) is 4.97. The molecule has 0 amide bonds. The third-order valence-corrected chi connectivity index (χ3v) is 4.12. The van der Waals surface area contributed by atoms with Crippen molar-refractivity contribution < 1.29 is 14.4 Å². The fraction of sp³-hybridized carbons (Fsp3) is 0.917. The number of carbonyl (C=O) groups is 1. The molecule has 15 heavy (non-hydrogen) atoms. The highest BCUT2D eigenvalue weighted by Gasteiger charge is 2.43. The van der Waals surface area contributed by atoms with Crippen LogP contribution >= 0.6 is 0 Å². The van der Waals surface area contributed by atoms with Gasteiger partial charge in [-0.2, -0.15) is 0 Å². The minimum atomic E-state index is -1.08. The average molecular weight is 215 g/mol. The lowest BCUT2D eigenvalue weighted by molar-refractivity contribution is -0.947. The average Bonchev–Trinajstić information content (AvgIpc) is 1.99. The maximum Gasteiger partial charge on any atom is 0.0957 e. The van der Waals surface area contributed by atoms with Gasteiger partial charge in [0.2, 0.25) is 0 Å². The highest BCUT2D eigenvalue weighted by molar-refractivity contribution is 5.60. The van der Waals surface area contributed by atoms with E-state index in [4.69, 9.17) is 9.90 Å². The van der Waals surface area contributed by atoms with E-state index >= 15 is 0 Å². The predicted octanol–water partition coefficient (Wildman–Crippen LogP) is 1.03. The van der Waals surface area contributed by atoms with Gasteiger partial charge < -0.3 is 14.4 Å². The molecule has 1 unspecified atom stereocenters. The van der Waals surface area contributed by atoms with Crippen molar-refractivity contribution in [2.45, 2.75) is 46.1 Å². The van der Waals surface area contributed by atoms with E-state index in [1.54, 1.807) is 0 Å². The smallest absolute Gasteiger partial charge is 0.0957 e. The highest BCUT2D eigenvalue weighted by atomic mass is 16.4. The van der Waals surface area contributed by atoms with Crippen LogP contribution in [-0.2, 0) is 4.79 Å². The van der Waals surface area contributed by atoms with Crippen molar-refractivity contribution in [1.82, 2.24) is 0 Å². The van der Waals surface area contributed by atoms with E-state index in [1.165, 1.54) is 23.9 Å². The Bertz CT molecular complexity index is 218. The van der Waals surface area contributed by atoms with E-state index in [1.807, 2.05) is 0 Å². The fourth-order valence-corrected chi connectivity index (χ4v) is 2.03. The van der Waals surface area contributed by atoms with Crippen LogP contribution < -0.4 is 5.11 Å². The normalized spacial score (nSPS) is 27.5. The number of quaternary nitrogens is 1. The van der Waals surface area contributed by atoms with Crippen LogP contribution in [0.3, 0.4) is 0 Å². The van der Waals surface area contributed by atoms with E-state index < -0.39 is 5.97 Å². The molecule has 1 saturated heterocycles. The molecule has 0 radical (unpaired) electrons. The number of hydrogen-bond donors (Lipinski definition) is 0. The van der Waals surface area contributed by atoms with Gasteiger partial charge in [-0.15, -0.1) is 0 Å². The minimum absolute atomic E-state index is 0.470. The highest BCUT2D eigenvalue weighted by Crippen LogP contribution is 2.36. The molecule has 1 atom stereocenters. The molecule has 0 bridgehead atoms. The Balaban J connectivity index is 0.000000423. The molecule has 0 N–H and O–H groups in total. The van der Waals surface area contributed by atoms with Gasteiger partial charge in [-0.05, 0) is 33.6 Å². The van der Waals surface area contributed by atoms with Crippen LogP contribution in [0, 0.1) is 5.92 Å². The Hall–Kier alpha value is -0.570. The third kappa shape index (κ3) is 3.82. The zero-order chi connectivity index (χ0) is 12.3. The van der Waals surface area contributed by atoms with Crippen LogP contribution in [0.25, 0.3) is 0 Å². The van der Waals surface area contributed by atoms with Crippen LogP contribution in [0.5, 0.6) is 0 Å². The lowest BCUT2D eigenvalue weighted by Gasteiger charge is -2.51. The minimum Gasteiger partial charge on any atom is -0.550 e. The van der Waals surface area contributed by atoms with E-state index in [-0.39, 0.29) is 0 Å². The molecule has 0 aromatic heterocycles. The molecule has 3 nitrogen and oxygen atoms in total. The summed E-state index contributed by atoms with van der Waals surface area (Å²) in [7, 11) is 4.71. The summed E-state index contributed by atoms with van der Waals surface area (Å²) in [5.74, 6) is -0.216. The molecule has 3 heteroatoms. The van der Waals surface area contributed by atoms with Crippen molar-refractivity contribution in [3.05, 3.63) is 0 Å². The van der Waals surface area contributed by atoms with Crippen molar-refractivity contribution in [2.75, 3.05) is 20.6 Å². The molecule has 1 aliphatic heterocycles. The van der Waals surface area contributed by atoms with Gasteiger partial charge in [0.25, 0.3) is 0 Å². The van der Waals surface area contributed by atoms with Gasteiger partial charge in [0.05, 0.1) is 26.2 Å². The predicted molar refractivity (Wildman–Crippen MR) is 60.1 cm³/mol. The summed E-state index contributed by atoms with van der Waals surface area (Å²) in [6, 6.07) is 0. The Morgan fingerprint density at radius 3 is 2.07 bits per heavy atom. The number of carbonyl (C=O) groups excluding carboxylic acids is 1. The molecule has 1 aliphatic rings. The first-order valence-electron chi connectivity index (χ1n) is 5.62. The summed E-state index contributed by atoms with van der Waals surface area (Å²) in [5.41, 5.74) is 0.470. The van der Waals surface area contributed by atoms with E-state index in [2.05, 4.69) is 34.9 Å². The van der Waals surface area contributed by atoms with Gasteiger partial charge in [0, 0.05) is 11.9 Å². The lowest BCUT2D eigenvalue weighted by atomic mass is 9.79. The largest absolute Gasteiger partial charge is 0.550 e. The quantitative estimate of drug-likeness (QED) is 0.566. The van der Waals surface area contributed by atoms with Crippen LogP contribution in [0.15, 0.2) is 0 Å². The summed E-state index contributed by atoms with van der Waals surface area (Å²) in [6.45, 7) is 9.50. The first-order valence-corrected chi connectivity index (χ1v) is 5.62. The second-order valence-electron chi connectivity index (χ2n) is 5.60. The molecule has 0 aromatic rings. The van der Waals surface area contributed by atoms with Crippen LogP contribution in [0.2, 0.25) is 0 Å². The Morgan fingerprint density at radius 1 is 1.40 bits per heavy atom. The van der Waals surface area contributed by atoms with Crippen LogP contribution in [0.4, 0.5) is 0 Å². The third-order valence-electron chi connectivity index (χ3n) is 4.12. The van der Waals surface area contributed by atoms with Crippen molar-refractivity contribution in [3.63, 3.8) is 0 Å². The number of aliphatic carboxylic acids is 1. The lowest BCUT2D eigenvalue weighted by Crippen LogP contribution is -2.62. The number of nitrogens with zero attached hydrogens (tertiary/aromatic N) is 1. The van der Waals surface area contributed by atoms with Gasteiger partial charge >= 0.3 is 0 Å². The summed E-state index contributed by atoms with van der Waals surface area (Å²) in [4.78, 5) is 8.89. The SMILES string of the molecule is CC(=O)[O-].CC1CCC[N+](C)(C)C1(C)C. The van der Waals surface area contributed by atoms with Gasteiger partial charge in [-0.1, -0.05) is 6.92 Å². The molecule has 1 fully saturated rings. The van der Waals surface area contributed by atoms with Crippen molar-refractivity contribution in [1.29, 1.82) is 0 Å². The maximum atomic E-state index is 8.89. The Kier molecular flexibility index (Phi) is 4.78. The van der Waals surface area contributed by atoms with Crippen molar-refractivity contribution in [2.24, 2.45) is 5.92 Å². The standard InChI is InChI=1S/C10H22N.C2H4O2/c1-9-7-6-8-11(4,5)10(9,2)3;1-2(3)4/h9H,6-8H2,1-5H3;1H3,(H,3,4)/q+1;/p-1. The Morgan fingerprint density at radius 2 is 1.80 bits per heavy atom. The summed E-state index contributed by atoms with van der Waals surface area (Å²) in [6.07, 6.45) is 2.81. The second-order valence-corrected chi connectivity index (χ2v) is 5.60. The number of likely N-dealkylation sites (tertiary alicyclic amines) is 1. The molecule has 0 saturated carbocycles. The van der Waals surface area contributed by atoms with Crippen molar-refractivity contribution in [3.8, 4) is 0 Å². The van der Waals surface area contributed by atoms with Gasteiger partial charge in [-0.25, -0.2) is 0 Å². The maximum absolute atomic E-state index is 8.89. The zero-order valence-electron chi connectivity index (χ0n) is 11.0. The van der Waals surface area contributed by atoms with Gasteiger partial charge in [0.1, 0.15) is 0 Å². The van der Waals surface area contributed by atoms with Crippen LogP contribution in [0.1, 0.15) is 40.5 Å². The van der Waals surface area contributed by atoms with Gasteiger partial charge in [0.15, 0.2) is 0 Å². The van der Waals surface area contributed by atoms with Crippen molar-refractivity contribution >= 4 is 5.97 Å². The molecule has 90 valence electrons. The molecular formula is C12H25NO2. The topological polar surface area (TPSA) is 40.1 Å². The van der Waals surface area contributed by atoms with Gasteiger partial charge in [-0.3, -0.25) is 0 Å². The van der Waals surface area contributed by atoms with Crippen LogP contribution in [-0.4, -0.2) is 36.6 Å². The summed E-state index contributed by atoms with van der Waals surface area (Å²) >= 11 is 0. The first-order chi connectivity index (χ1) is 6.61. The molecule has 1 rings (SSSR count). The summed E-state index contributed by atoms with van der Waals surface area (Å²) < 4.78 is 1.19. The molecule has 1 heterocycles. The zero-order valence-corrected chi connectivity index (χ0v) is 11.0. The fourth-order valence-electron chi connectivity index (χ4n) is 2.03. The molecule has 0 aromatic carbocycles. The van der Waals surface area contributed by atoms with E-state index in [9.17, 15) is 0 Å². The van der Waals surface area contributed by atoms with E-state index in [0.29, 0.717) is 5.54 Å². The van der Waals surface area contributed by atoms with E-state index in [0.717, 1.165) is 12.8 Å². The summed E-state index contributed by atoms with van der Waals surface area (Å²) in [5, 5.41) is 8.89. The number of piperidine rings is 1. The number of carboxylic acid groups (broad SMARTS) is 1. The molecular weight excluding hydrogens is 190 g/mol. The number of rotatable bonds is 0. The molecule has 0 spiro atoms. The molecule has 0 aliphatic carbocycles. The number of carboxylic acids is 1. The monoisotopic (exact) mass is 215 g/mol. The number of hydrogen-bond acceptors (Lipinski definition) is 2. The Labute approximate surface area is 93.7 Å².